The molecule has 2 rings (SSSR count). The van der Waals surface area contributed by atoms with Gasteiger partial charge in [0.25, 0.3) is 10.1 Å². The van der Waals surface area contributed by atoms with Crippen molar-refractivity contribution in [1.29, 1.82) is 0 Å². The predicted octanol–water partition coefficient (Wildman–Crippen LogP) is -0.150. The van der Waals surface area contributed by atoms with Crippen LogP contribution in [-0.4, -0.2) is 8.42 Å². The molecule has 19 heavy (non-hydrogen) atoms. The predicted molar refractivity (Wildman–Crippen MR) is 71.4 cm³/mol. The van der Waals surface area contributed by atoms with E-state index in [0.717, 1.165) is 11.1 Å². The van der Waals surface area contributed by atoms with Gasteiger partial charge in [-0.15, -0.1) is 0 Å². The zero-order chi connectivity index (χ0) is 12.8. The van der Waals surface area contributed by atoms with E-state index in [2.05, 4.69) is 0 Å². The Labute approximate surface area is 137 Å². The summed E-state index contributed by atoms with van der Waals surface area (Å²) >= 11 is 0. The molecule has 0 amide bonds. The van der Waals surface area contributed by atoms with Gasteiger partial charge >= 0.3 is 29.6 Å². The van der Waals surface area contributed by atoms with Crippen LogP contribution in [0.25, 0.3) is 0 Å². The Morgan fingerprint density at radius 1 is 0.842 bits per heavy atom. The van der Waals surface area contributed by atoms with Gasteiger partial charge in [-0.2, -0.15) is 8.42 Å². The van der Waals surface area contributed by atoms with E-state index in [1.807, 2.05) is 48.5 Å². The Morgan fingerprint density at radius 3 is 1.84 bits per heavy atom. The fourth-order valence-corrected chi connectivity index (χ4v) is 2.55. The standard InChI is InChI=1S/C14H14O3S.Na.H/c15-18(16,12-14-9-5-2-6-10-14)17-11-13-7-3-1-4-8-13;;/h1-10H,11-12H2;;/q;+1;-1. The summed E-state index contributed by atoms with van der Waals surface area (Å²) in [6.07, 6.45) is 0. The molecule has 0 aromatic heterocycles. The second-order valence-electron chi connectivity index (χ2n) is 3.94. The third-order valence-electron chi connectivity index (χ3n) is 2.43. The average molecular weight is 286 g/mol. The molecule has 0 radical (unpaired) electrons. The zero-order valence-electron chi connectivity index (χ0n) is 11.8. The van der Waals surface area contributed by atoms with Gasteiger partial charge in [-0.05, 0) is 11.1 Å². The van der Waals surface area contributed by atoms with Crippen molar-refractivity contribution in [1.82, 2.24) is 0 Å². The Morgan fingerprint density at radius 2 is 1.32 bits per heavy atom. The maximum absolute atomic E-state index is 11.8. The molecule has 0 unspecified atom stereocenters. The zero-order valence-corrected chi connectivity index (χ0v) is 13.6. The molecular weight excluding hydrogens is 271 g/mol. The van der Waals surface area contributed by atoms with E-state index in [1.165, 1.54) is 0 Å². The second-order valence-corrected chi connectivity index (χ2v) is 5.58. The smallest absolute Gasteiger partial charge is 1.00 e. The molecular formula is C14H15NaO3S. The topological polar surface area (TPSA) is 43.4 Å². The molecule has 0 aliphatic heterocycles. The van der Waals surface area contributed by atoms with Crippen molar-refractivity contribution in [3.8, 4) is 0 Å². The maximum Gasteiger partial charge on any atom is 1.00 e. The van der Waals surface area contributed by atoms with Crippen LogP contribution in [0.5, 0.6) is 0 Å². The minimum Gasteiger partial charge on any atom is -1.00 e. The monoisotopic (exact) mass is 286 g/mol. The van der Waals surface area contributed by atoms with Crippen LogP contribution >= 0.6 is 0 Å². The van der Waals surface area contributed by atoms with Gasteiger partial charge in [0.15, 0.2) is 0 Å². The third-order valence-corrected chi connectivity index (χ3v) is 3.60. The molecule has 0 aliphatic carbocycles. The maximum atomic E-state index is 11.8. The van der Waals surface area contributed by atoms with Crippen molar-refractivity contribution < 1.29 is 43.6 Å². The third kappa shape index (κ3) is 5.89. The quantitative estimate of drug-likeness (QED) is 0.567. The number of rotatable bonds is 5. The molecule has 0 aliphatic rings. The average Bonchev–Trinajstić information content (AvgIpc) is 2.38. The molecule has 0 saturated carbocycles. The summed E-state index contributed by atoms with van der Waals surface area (Å²) in [5.74, 6) is -0.0966. The summed E-state index contributed by atoms with van der Waals surface area (Å²) in [6.45, 7) is 0.0794. The Kier molecular flexibility index (Phi) is 6.75. The molecule has 96 valence electrons. The molecule has 0 fully saturated rings. The molecule has 0 heterocycles. The van der Waals surface area contributed by atoms with E-state index in [1.54, 1.807) is 12.1 Å². The minimum absolute atomic E-state index is 0. The summed E-state index contributed by atoms with van der Waals surface area (Å²) in [6, 6.07) is 18.2. The van der Waals surface area contributed by atoms with Crippen LogP contribution in [0.15, 0.2) is 60.7 Å². The van der Waals surface area contributed by atoms with Crippen molar-refractivity contribution in [2.75, 3.05) is 0 Å². The van der Waals surface area contributed by atoms with Crippen molar-refractivity contribution in [2.24, 2.45) is 0 Å². The fraction of sp³-hybridized carbons (Fsp3) is 0.143. The van der Waals surface area contributed by atoms with Crippen molar-refractivity contribution in [3.05, 3.63) is 71.8 Å². The van der Waals surface area contributed by atoms with Crippen LogP contribution in [0.1, 0.15) is 12.6 Å². The van der Waals surface area contributed by atoms with Gasteiger partial charge < -0.3 is 1.43 Å². The van der Waals surface area contributed by atoms with Gasteiger partial charge in [-0.3, -0.25) is 4.18 Å². The van der Waals surface area contributed by atoms with Gasteiger partial charge in [-0.25, -0.2) is 0 Å². The van der Waals surface area contributed by atoms with Crippen molar-refractivity contribution in [2.45, 2.75) is 12.4 Å². The normalized spacial score (nSPS) is 10.7. The molecule has 0 saturated heterocycles. The molecule has 3 nitrogen and oxygen atoms in total. The SMILES string of the molecule is O=S(=O)(Cc1ccccc1)OCc1ccccc1.[H-].[Na+]. The first-order chi connectivity index (χ1) is 8.66. The minimum atomic E-state index is -3.53. The van der Waals surface area contributed by atoms with E-state index in [-0.39, 0.29) is 43.3 Å². The van der Waals surface area contributed by atoms with Gasteiger partial charge in [0.05, 0.1) is 6.61 Å². The molecule has 2 aromatic carbocycles. The summed E-state index contributed by atoms with van der Waals surface area (Å²) in [4.78, 5) is 0. The van der Waals surface area contributed by atoms with E-state index in [0.29, 0.717) is 0 Å². The van der Waals surface area contributed by atoms with Gasteiger partial charge in [-0.1, -0.05) is 60.7 Å². The Balaban J connectivity index is 0.00000180. The summed E-state index contributed by atoms with van der Waals surface area (Å²) in [5, 5.41) is 0. The van der Waals surface area contributed by atoms with Crippen LogP contribution in [0.2, 0.25) is 0 Å². The fourth-order valence-electron chi connectivity index (χ4n) is 1.55. The van der Waals surface area contributed by atoms with E-state index in [9.17, 15) is 8.42 Å². The molecule has 0 spiro atoms. The van der Waals surface area contributed by atoms with Gasteiger partial charge in [0, 0.05) is 0 Å². The molecule has 0 N–H and O–H groups in total. The summed E-state index contributed by atoms with van der Waals surface area (Å²) < 4.78 is 28.5. The summed E-state index contributed by atoms with van der Waals surface area (Å²) in [7, 11) is -3.53. The first-order valence-electron chi connectivity index (χ1n) is 5.61. The van der Waals surface area contributed by atoms with Gasteiger partial charge in [0.1, 0.15) is 5.75 Å². The second kappa shape index (κ2) is 7.82. The van der Waals surface area contributed by atoms with Crippen LogP contribution in [-0.2, 0) is 26.7 Å². The van der Waals surface area contributed by atoms with Crippen LogP contribution in [0.4, 0.5) is 0 Å². The van der Waals surface area contributed by atoms with Gasteiger partial charge in [0.2, 0.25) is 0 Å². The van der Waals surface area contributed by atoms with Crippen molar-refractivity contribution in [3.63, 3.8) is 0 Å². The molecule has 5 heteroatoms. The number of hydrogen-bond acceptors (Lipinski definition) is 3. The first kappa shape index (κ1) is 16.4. The van der Waals surface area contributed by atoms with Crippen LogP contribution in [0, 0.1) is 0 Å². The number of benzene rings is 2. The van der Waals surface area contributed by atoms with Crippen LogP contribution < -0.4 is 29.6 Å². The molecule has 2 aromatic rings. The van der Waals surface area contributed by atoms with E-state index in [4.69, 9.17) is 4.18 Å². The Bertz CT molecular complexity index is 588. The van der Waals surface area contributed by atoms with E-state index < -0.39 is 10.1 Å². The molecule has 0 bridgehead atoms. The van der Waals surface area contributed by atoms with E-state index >= 15 is 0 Å². The Hall–Kier alpha value is -0.650. The number of hydrogen-bond donors (Lipinski definition) is 0. The first-order valence-corrected chi connectivity index (χ1v) is 7.18. The molecule has 0 atom stereocenters. The largest absolute Gasteiger partial charge is 1.00 e. The van der Waals surface area contributed by atoms with Crippen molar-refractivity contribution >= 4 is 10.1 Å². The summed E-state index contributed by atoms with van der Waals surface area (Å²) in [5.41, 5.74) is 1.57. The van der Waals surface area contributed by atoms with Crippen LogP contribution in [0.3, 0.4) is 0 Å².